The third-order valence-corrected chi connectivity index (χ3v) is 3.92. The summed E-state index contributed by atoms with van der Waals surface area (Å²) in [6.45, 7) is 0.419. The molecule has 2 N–H and O–H groups in total. The second-order valence-corrected chi connectivity index (χ2v) is 5.54. The maximum atomic E-state index is 12.0. The van der Waals surface area contributed by atoms with Gasteiger partial charge in [0.05, 0.1) is 32.0 Å². The number of amides is 2. The van der Waals surface area contributed by atoms with Gasteiger partial charge in [-0.15, -0.1) is 0 Å². The van der Waals surface area contributed by atoms with Gasteiger partial charge in [-0.05, 0) is 30.2 Å². The van der Waals surface area contributed by atoms with Gasteiger partial charge in [-0.1, -0.05) is 23.7 Å². The molecule has 0 heterocycles. The van der Waals surface area contributed by atoms with Crippen LogP contribution in [0.15, 0.2) is 36.4 Å². The first-order valence-electron chi connectivity index (χ1n) is 7.67. The summed E-state index contributed by atoms with van der Waals surface area (Å²) in [5.41, 5.74) is 1.46. The van der Waals surface area contributed by atoms with E-state index in [1.54, 1.807) is 51.7 Å². The molecule has 2 aromatic carbocycles. The monoisotopic (exact) mass is 364 g/mol. The molecule has 2 aromatic rings. The average Bonchev–Trinajstić information content (AvgIpc) is 2.63. The minimum absolute atomic E-state index is 0.326. The minimum atomic E-state index is -0.326. The van der Waals surface area contributed by atoms with Crippen molar-refractivity contribution in [2.24, 2.45) is 0 Å². The normalized spacial score (nSPS) is 10.1. The Bertz CT molecular complexity index is 737. The quantitative estimate of drug-likeness (QED) is 0.785. The zero-order chi connectivity index (χ0) is 18.2. The van der Waals surface area contributed by atoms with E-state index in [-0.39, 0.29) is 6.03 Å². The molecule has 0 saturated heterocycles. The average molecular weight is 365 g/mol. The summed E-state index contributed by atoms with van der Waals surface area (Å²) in [5, 5.41) is 5.98. The number of anilines is 1. The molecule has 0 radical (unpaired) electrons. The first-order valence-corrected chi connectivity index (χ1v) is 8.05. The van der Waals surface area contributed by atoms with Crippen molar-refractivity contribution in [2.45, 2.75) is 6.42 Å². The SMILES string of the molecule is COc1cc(OC)c(OC)cc1CCNC(=O)Nc1ccccc1Cl. The number of methoxy groups -OCH3 is 3. The van der Waals surface area contributed by atoms with E-state index in [0.717, 1.165) is 5.56 Å². The lowest BCUT2D eigenvalue weighted by Gasteiger charge is -2.14. The van der Waals surface area contributed by atoms with Gasteiger partial charge >= 0.3 is 6.03 Å². The second kappa shape index (κ2) is 9.03. The highest BCUT2D eigenvalue weighted by atomic mass is 35.5. The van der Waals surface area contributed by atoms with E-state index in [4.69, 9.17) is 25.8 Å². The number of benzene rings is 2. The molecule has 0 bridgehead atoms. The number of nitrogens with one attached hydrogen (secondary N) is 2. The van der Waals surface area contributed by atoms with Crippen molar-refractivity contribution in [3.05, 3.63) is 47.0 Å². The number of carbonyl (C=O) groups excluding carboxylic acids is 1. The van der Waals surface area contributed by atoms with E-state index >= 15 is 0 Å². The summed E-state index contributed by atoms with van der Waals surface area (Å²) in [6.07, 6.45) is 0.569. The summed E-state index contributed by atoms with van der Waals surface area (Å²) in [7, 11) is 4.73. The van der Waals surface area contributed by atoms with Gasteiger partial charge in [0, 0.05) is 12.6 Å². The van der Waals surface area contributed by atoms with Crippen molar-refractivity contribution in [1.82, 2.24) is 5.32 Å². The van der Waals surface area contributed by atoms with E-state index in [0.29, 0.717) is 40.9 Å². The highest BCUT2D eigenvalue weighted by Crippen LogP contribution is 2.34. The Kier molecular flexibility index (Phi) is 6.77. The molecule has 25 heavy (non-hydrogen) atoms. The van der Waals surface area contributed by atoms with Gasteiger partial charge in [-0.3, -0.25) is 0 Å². The molecule has 0 spiro atoms. The fourth-order valence-electron chi connectivity index (χ4n) is 2.33. The molecule has 0 aliphatic heterocycles. The van der Waals surface area contributed by atoms with Gasteiger partial charge in [-0.2, -0.15) is 0 Å². The highest BCUT2D eigenvalue weighted by Gasteiger charge is 2.12. The van der Waals surface area contributed by atoms with Crippen molar-refractivity contribution in [3.8, 4) is 17.2 Å². The second-order valence-electron chi connectivity index (χ2n) is 5.13. The Labute approximate surface area is 152 Å². The van der Waals surface area contributed by atoms with Gasteiger partial charge in [0.15, 0.2) is 11.5 Å². The summed E-state index contributed by atoms with van der Waals surface area (Å²) >= 11 is 6.01. The van der Waals surface area contributed by atoms with Crippen LogP contribution in [-0.4, -0.2) is 33.9 Å². The van der Waals surface area contributed by atoms with Crippen LogP contribution < -0.4 is 24.8 Å². The highest BCUT2D eigenvalue weighted by molar-refractivity contribution is 6.33. The summed E-state index contributed by atoms with van der Waals surface area (Å²) in [5.74, 6) is 1.87. The molecule has 0 fully saturated rings. The number of para-hydroxylation sites is 1. The number of hydrogen-bond acceptors (Lipinski definition) is 4. The predicted octanol–water partition coefficient (Wildman–Crippen LogP) is 3.73. The topological polar surface area (TPSA) is 68.8 Å². The summed E-state index contributed by atoms with van der Waals surface area (Å²) in [4.78, 5) is 12.0. The van der Waals surface area contributed by atoms with Crippen molar-refractivity contribution in [2.75, 3.05) is 33.2 Å². The van der Waals surface area contributed by atoms with E-state index < -0.39 is 0 Å². The number of rotatable bonds is 7. The van der Waals surface area contributed by atoms with Crippen LogP contribution in [0.2, 0.25) is 5.02 Å². The standard InChI is InChI=1S/C18H21ClN2O4/c1-23-15-11-17(25-3)16(24-2)10-12(15)8-9-20-18(22)21-14-7-5-4-6-13(14)19/h4-7,10-11H,8-9H2,1-3H3,(H2,20,21,22). The molecule has 6 nitrogen and oxygen atoms in total. The van der Waals surface area contributed by atoms with E-state index in [1.807, 2.05) is 6.07 Å². The lowest BCUT2D eigenvalue weighted by Crippen LogP contribution is -2.30. The molecular formula is C18H21ClN2O4. The van der Waals surface area contributed by atoms with Crippen molar-refractivity contribution in [1.29, 1.82) is 0 Å². The molecule has 134 valence electrons. The molecule has 2 amide bonds. The predicted molar refractivity (Wildman–Crippen MR) is 98.3 cm³/mol. The fraction of sp³-hybridized carbons (Fsp3) is 0.278. The van der Waals surface area contributed by atoms with Gasteiger partial charge in [0.2, 0.25) is 0 Å². The lowest BCUT2D eigenvalue weighted by atomic mass is 10.1. The minimum Gasteiger partial charge on any atom is -0.496 e. The number of carbonyl (C=O) groups is 1. The maximum Gasteiger partial charge on any atom is 0.319 e. The van der Waals surface area contributed by atoms with Crippen LogP contribution in [0.4, 0.5) is 10.5 Å². The van der Waals surface area contributed by atoms with Crippen LogP contribution in [0.1, 0.15) is 5.56 Å². The Morgan fingerprint density at radius 1 is 1.00 bits per heavy atom. The lowest BCUT2D eigenvalue weighted by molar-refractivity contribution is 0.252. The van der Waals surface area contributed by atoms with Crippen LogP contribution in [0, 0.1) is 0 Å². The first-order chi connectivity index (χ1) is 12.1. The van der Waals surface area contributed by atoms with E-state index in [9.17, 15) is 4.79 Å². The number of urea groups is 1. The number of ether oxygens (including phenoxy) is 3. The molecule has 0 aromatic heterocycles. The molecule has 7 heteroatoms. The van der Waals surface area contributed by atoms with E-state index in [2.05, 4.69) is 10.6 Å². The number of halogens is 1. The Morgan fingerprint density at radius 2 is 1.64 bits per heavy atom. The Morgan fingerprint density at radius 3 is 2.28 bits per heavy atom. The molecule has 0 unspecified atom stereocenters. The fourth-order valence-corrected chi connectivity index (χ4v) is 2.51. The van der Waals surface area contributed by atoms with Crippen LogP contribution in [0.3, 0.4) is 0 Å². The van der Waals surface area contributed by atoms with Gasteiger partial charge < -0.3 is 24.8 Å². The van der Waals surface area contributed by atoms with E-state index in [1.165, 1.54) is 0 Å². The Hall–Kier alpha value is -2.60. The zero-order valence-corrected chi connectivity index (χ0v) is 15.1. The molecule has 0 aliphatic rings. The first kappa shape index (κ1) is 18.7. The van der Waals surface area contributed by atoms with Gasteiger partial charge in [-0.25, -0.2) is 4.79 Å². The summed E-state index contributed by atoms with van der Waals surface area (Å²) < 4.78 is 15.9. The Balaban J connectivity index is 1.97. The molecule has 2 rings (SSSR count). The third kappa shape index (κ3) is 4.93. The largest absolute Gasteiger partial charge is 0.496 e. The molecular weight excluding hydrogens is 344 g/mol. The number of hydrogen-bond donors (Lipinski definition) is 2. The van der Waals surface area contributed by atoms with Crippen molar-refractivity contribution in [3.63, 3.8) is 0 Å². The smallest absolute Gasteiger partial charge is 0.319 e. The van der Waals surface area contributed by atoms with Crippen LogP contribution >= 0.6 is 11.6 Å². The molecule has 0 atom stereocenters. The van der Waals surface area contributed by atoms with Crippen molar-refractivity contribution >= 4 is 23.3 Å². The molecule has 0 saturated carbocycles. The van der Waals surface area contributed by atoms with Gasteiger partial charge in [0.1, 0.15) is 5.75 Å². The van der Waals surface area contributed by atoms with Crippen LogP contribution in [0.25, 0.3) is 0 Å². The van der Waals surface area contributed by atoms with Crippen LogP contribution in [0.5, 0.6) is 17.2 Å². The van der Waals surface area contributed by atoms with Crippen LogP contribution in [-0.2, 0) is 6.42 Å². The third-order valence-electron chi connectivity index (χ3n) is 3.59. The zero-order valence-electron chi connectivity index (χ0n) is 14.4. The maximum absolute atomic E-state index is 12.0. The summed E-state index contributed by atoms with van der Waals surface area (Å²) in [6, 6.07) is 10.3. The molecule has 0 aliphatic carbocycles. The van der Waals surface area contributed by atoms with Crippen molar-refractivity contribution < 1.29 is 19.0 Å². The van der Waals surface area contributed by atoms with Gasteiger partial charge in [0.25, 0.3) is 0 Å².